The zero-order valence-electron chi connectivity index (χ0n) is 19.9. The van der Waals surface area contributed by atoms with E-state index in [1.807, 2.05) is 48.5 Å². The summed E-state index contributed by atoms with van der Waals surface area (Å²) in [6.07, 6.45) is 4.97. The van der Waals surface area contributed by atoms with E-state index < -0.39 is 17.7 Å². The monoisotopic (exact) mass is 447 g/mol. The van der Waals surface area contributed by atoms with E-state index in [4.69, 9.17) is 4.74 Å². The number of benzene rings is 2. The number of carbonyl (C=O) groups excluding carboxylic acids is 2. The van der Waals surface area contributed by atoms with Gasteiger partial charge in [-0.05, 0) is 41.5 Å². The zero-order valence-corrected chi connectivity index (χ0v) is 19.9. The summed E-state index contributed by atoms with van der Waals surface area (Å²) >= 11 is 0. The summed E-state index contributed by atoms with van der Waals surface area (Å²) in [5.41, 5.74) is 2.25. The second-order valence-electron chi connectivity index (χ2n) is 10.1. The molecule has 33 heavy (non-hydrogen) atoms. The molecule has 4 rings (SSSR count). The van der Waals surface area contributed by atoms with Crippen LogP contribution in [-0.2, 0) is 15.0 Å². The van der Waals surface area contributed by atoms with Gasteiger partial charge in [-0.3, -0.25) is 9.59 Å². The Morgan fingerprint density at radius 3 is 2.27 bits per heavy atom. The second kappa shape index (κ2) is 9.05. The van der Waals surface area contributed by atoms with E-state index >= 15 is 0 Å². The molecule has 2 aliphatic rings. The normalized spacial score (nSPS) is 21.5. The van der Waals surface area contributed by atoms with Gasteiger partial charge in [0.25, 0.3) is 11.7 Å². The smallest absolute Gasteiger partial charge is 0.295 e. The highest BCUT2D eigenvalue weighted by Gasteiger charge is 2.49. The first kappa shape index (κ1) is 23.1. The Bertz CT molecular complexity index is 1070. The van der Waals surface area contributed by atoms with Crippen LogP contribution in [-0.4, -0.2) is 34.8 Å². The van der Waals surface area contributed by atoms with Crippen LogP contribution in [0.15, 0.2) is 54.1 Å². The van der Waals surface area contributed by atoms with Gasteiger partial charge in [0, 0.05) is 6.04 Å². The average molecular weight is 448 g/mol. The van der Waals surface area contributed by atoms with Crippen LogP contribution in [0.3, 0.4) is 0 Å². The van der Waals surface area contributed by atoms with E-state index in [2.05, 4.69) is 20.8 Å². The molecule has 1 heterocycles. The van der Waals surface area contributed by atoms with Crippen LogP contribution in [0, 0.1) is 0 Å². The quantitative estimate of drug-likeness (QED) is 0.368. The number of Topliss-reactive ketones (excluding diaryl/α,β-unsaturated/α-hetero) is 1. The molecule has 5 heteroatoms. The van der Waals surface area contributed by atoms with E-state index in [-0.39, 0.29) is 22.8 Å². The molecule has 0 bridgehead atoms. The van der Waals surface area contributed by atoms with Gasteiger partial charge in [-0.15, -0.1) is 0 Å². The molecule has 2 aromatic rings. The number of ether oxygens (including phenoxy) is 1. The Hall–Kier alpha value is -3.08. The predicted molar refractivity (Wildman–Crippen MR) is 129 cm³/mol. The van der Waals surface area contributed by atoms with Crippen LogP contribution in [0.5, 0.6) is 5.75 Å². The topological polar surface area (TPSA) is 66.8 Å². The number of aliphatic hydroxyl groups excluding tert-OH is 1. The van der Waals surface area contributed by atoms with Crippen molar-refractivity contribution in [2.45, 2.75) is 70.4 Å². The highest BCUT2D eigenvalue weighted by atomic mass is 16.5. The average Bonchev–Trinajstić information content (AvgIpc) is 3.09. The Morgan fingerprint density at radius 2 is 1.67 bits per heavy atom. The van der Waals surface area contributed by atoms with Crippen molar-refractivity contribution in [2.24, 2.45) is 0 Å². The van der Waals surface area contributed by atoms with Gasteiger partial charge in [0.05, 0.1) is 24.3 Å². The molecule has 1 amide bonds. The molecule has 1 aliphatic carbocycles. The maximum atomic E-state index is 13.4. The largest absolute Gasteiger partial charge is 0.507 e. The van der Waals surface area contributed by atoms with Gasteiger partial charge < -0.3 is 14.7 Å². The molecule has 1 saturated heterocycles. The van der Waals surface area contributed by atoms with Gasteiger partial charge in [0.15, 0.2) is 0 Å². The number of amides is 1. The third-order valence-electron chi connectivity index (χ3n) is 6.88. The van der Waals surface area contributed by atoms with E-state index in [0.29, 0.717) is 11.3 Å². The number of rotatable bonds is 4. The van der Waals surface area contributed by atoms with E-state index in [9.17, 15) is 14.7 Å². The number of nitrogens with zero attached hydrogens (tertiary/aromatic N) is 1. The second-order valence-corrected chi connectivity index (χ2v) is 10.1. The first-order valence-corrected chi connectivity index (χ1v) is 11.8. The van der Waals surface area contributed by atoms with Crippen molar-refractivity contribution in [3.05, 3.63) is 70.8 Å². The number of hydrogen-bond donors (Lipinski definition) is 1. The molecule has 1 saturated carbocycles. The van der Waals surface area contributed by atoms with Crippen LogP contribution < -0.4 is 4.74 Å². The van der Waals surface area contributed by atoms with Crippen LogP contribution >= 0.6 is 0 Å². The lowest BCUT2D eigenvalue weighted by molar-refractivity contribution is -0.141. The van der Waals surface area contributed by atoms with Crippen LogP contribution in [0.25, 0.3) is 5.76 Å². The first-order chi connectivity index (χ1) is 15.7. The molecule has 174 valence electrons. The highest BCUT2D eigenvalue weighted by Crippen LogP contribution is 2.44. The van der Waals surface area contributed by atoms with Crippen molar-refractivity contribution in [1.29, 1.82) is 0 Å². The molecule has 1 atom stereocenters. The van der Waals surface area contributed by atoms with E-state index in [0.717, 1.165) is 43.2 Å². The minimum atomic E-state index is -0.629. The zero-order chi connectivity index (χ0) is 23.8. The summed E-state index contributed by atoms with van der Waals surface area (Å²) in [6.45, 7) is 6.26. The van der Waals surface area contributed by atoms with E-state index in [1.165, 1.54) is 7.11 Å². The fraction of sp³-hybridized carbons (Fsp3) is 0.429. The molecular weight excluding hydrogens is 414 g/mol. The molecule has 0 radical (unpaired) electrons. The van der Waals surface area contributed by atoms with Crippen molar-refractivity contribution in [1.82, 2.24) is 4.90 Å². The van der Waals surface area contributed by atoms with Gasteiger partial charge >= 0.3 is 0 Å². The van der Waals surface area contributed by atoms with Crippen LogP contribution in [0.2, 0.25) is 0 Å². The molecule has 2 fully saturated rings. The maximum Gasteiger partial charge on any atom is 0.295 e. The molecule has 0 spiro atoms. The minimum absolute atomic E-state index is 0.00601. The molecule has 1 unspecified atom stereocenters. The number of carbonyl (C=O) groups is 2. The molecule has 0 aromatic heterocycles. The van der Waals surface area contributed by atoms with Crippen molar-refractivity contribution in [2.75, 3.05) is 7.11 Å². The lowest BCUT2D eigenvalue weighted by Gasteiger charge is -2.35. The van der Waals surface area contributed by atoms with Gasteiger partial charge in [-0.1, -0.05) is 76.4 Å². The summed E-state index contributed by atoms with van der Waals surface area (Å²) in [5.74, 6) is -0.863. The van der Waals surface area contributed by atoms with Crippen molar-refractivity contribution in [3.8, 4) is 5.75 Å². The lowest BCUT2D eigenvalue weighted by Crippen LogP contribution is -2.40. The van der Waals surface area contributed by atoms with Gasteiger partial charge in [-0.2, -0.15) is 0 Å². The Morgan fingerprint density at radius 1 is 1.00 bits per heavy atom. The number of aliphatic hydroxyl groups is 1. The summed E-state index contributed by atoms with van der Waals surface area (Å²) in [7, 11) is 1.54. The summed E-state index contributed by atoms with van der Waals surface area (Å²) in [5, 5.41) is 11.6. The summed E-state index contributed by atoms with van der Waals surface area (Å²) in [4.78, 5) is 28.4. The Labute approximate surface area is 196 Å². The highest BCUT2D eigenvalue weighted by molar-refractivity contribution is 6.46. The number of likely N-dealkylation sites (tertiary alicyclic amines) is 1. The van der Waals surface area contributed by atoms with Crippen LogP contribution in [0.4, 0.5) is 0 Å². The molecule has 5 nitrogen and oxygen atoms in total. The van der Waals surface area contributed by atoms with E-state index in [1.54, 1.807) is 4.90 Å². The Balaban J connectivity index is 1.92. The van der Waals surface area contributed by atoms with Gasteiger partial charge in [-0.25, -0.2) is 0 Å². The molecule has 1 aliphatic heterocycles. The maximum absolute atomic E-state index is 13.4. The van der Waals surface area contributed by atoms with Crippen molar-refractivity contribution < 1.29 is 19.4 Å². The lowest BCUT2D eigenvalue weighted by atomic mass is 9.85. The fourth-order valence-electron chi connectivity index (χ4n) is 5.05. The minimum Gasteiger partial charge on any atom is -0.507 e. The molecule has 2 aromatic carbocycles. The summed E-state index contributed by atoms with van der Waals surface area (Å²) < 4.78 is 5.54. The number of methoxy groups -OCH3 is 1. The van der Waals surface area contributed by atoms with Crippen molar-refractivity contribution >= 4 is 17.4 Å². The fourth-order valence-corrected chi connectivity index (χ4v) is 5.05. The Kier molecular flexibility index (Phi) is 6.33. The molecule has 1 N–H and O–H groups in total. The summed E-state index contributed by atoms with van der Waals surface area (Å²) in [6, 6.07) is 14.6. The SMILES string of the molecule is COc1ccc(C(C)(C)C)cc1/C(O)=C1\C(=O)C(=O)N(C2CCCCC2)C1c1ccccc1. The number of hydrogen-bond acceptors (Lipinski definition) is 4. The van der Waals surface area contributed by atoms with Gasteiger partial charge in [0.1, 0.15) is 11.5 Å². The standard InChI is InChI=1S/C28H33NO4/c1-28(2,3)19-15-16-22(33-4)21(17-19)25(30)23-24(18-11-7-5-8-12-18)29(27(32)26(23)31)20-13-9-6-10-14-20/h5,7-8,11-12,15-17,20,24,30H,6,9-10,13-14H2,1-4H3/b25-23+. The first-order valence-electron chi connectivity index (χ1n) is 11.8. The number of ketones is 1. The predicted octanol–water partition coefficient (Wildman–Crippen LogP) is 5.75. The van der Waals surface area contributed by atoms with Gasteiger partial charge in [0.2, 0.25) is 0 Å². The third kappa shape index (κ3) is 4.29. The van der Waals surface area contributed by atoms with Crippen molar-refractivity contribution in [3.63, 3.8) is 0 Å². The molecular formula is C28H33NO4. The van der Waals surface area contributed by atoms with Crippen LogP contribution in [0.1, 0.15) is 75.6 Å². The third-order valence-corrected chi connectivity index (χ3v) is 6.88.